The molecule has 0 aromatic carbocycles. The molecule has 0 atom stereocenters. The number of rotatable bonds is 2. The summed E-state index contributed by atoms with van der Waals surface area (Å²) in [7, 11) is 1.71. The second kappa shape index (κ2) is 3.70. The standard InChI is InChI=1S/C7H6FN5S/c1-13-7(10-11-12-13)14-6-4-2-3-5(8)9-6/h2-4H,1H3. The molecule has 0 unspecified atom stereocenters. The van der Waals surface area contributed by atoms with E-state index in [0.29, 0.717) is 10.2 Å². The molecule has 7 heteroatoms. The first-order chi connectivity index (χ1) is 6.75. The molecular formula is C7H6FN5S. The number of pyridine rings is 1. The summed E-state index contributed by atoms with van der Waals surface area (Å²) < 4.78 is 14.2. The smallest absolute Gasteiger partial charge is 0.215 e. The van der Waals surface area contributed by atoms with Gasteiger partial charge in [0.1, 0.15) is 5.03 Å². The highest BCUT2D eigenvalue weighted by Gasteiger charge is 2.05. The molecule has 0 fully saturated rings. The van der Waals surface area contributed by atoms with Gasteiger partial charge in [-0.1, -0.05) is 6.07 Å². The minimum atomic E-state index is -0.509. The molecule has 72 valence electrons. The van der Waals surface area contributed by atoms with Crippen LogP contribution in [0.4, 0.5) is 4.39 Å². The quantitative estimate of drug-likeness (QED) is 0.690. The maximum atomic E-state index is 12.7. The van der Waals surface area contributed by atoms with E-state index in [4.69, 9.17) is 0 Å². The van der Waals surface area contributed by atoms with Crippen molar-refractivity contribution in [3.8, 4) is 0 Å². The van der Waals surface area contributed by atoms with E-state index in [1.807, 2.05) is 0 Å². The average molecular weight is 211 g/mol. The molecule has 0 radical (unpaired) electrons. The number of aromatic nitrogens is 5. The molecule has 0 amide bonds. The summed E-state index contributed by atoms with van der Waals surface area (Å²) in [5.74, 6) is -0.509. The molecule has 14 heavy (non-hydrogen) atoms. The highest BCUT2D eigenvalue weighted by atomic mass is 32.2. The highest BCUT2D eigenvalue weighted by Crippen LogP contribution is 2.22. The second-order valence-corrected chi connectivity index (χ2v) is 3.47. The maximum Gasteiger partial charge on any atom is 0.215 e. The van der Waals surface area contributed by atoms with E-state index >= 15 is 0 Å². The van der Waals surface area contributed by atoms with E-state index in [1.165, 1.54) is 22.5 Å². The van der Waals surface area contributed by atoms with Crippen molar-refractivity contribution < 1.29 is 4.39 Å². The van der Waals surface area contributed by atoms with Gasteiger partial charge in [0, 0.05) is 7.05 Å². The van der Waals surface area contributed by atoms with Crippen molar-refractivity contribution in [2.75, 3.05) is 0 Å². The van der Waals surface area contributed by atoms with Gasteiger partial charge in [-0.2, -0.15) is 4.39 Å². The molecule has 0 saturated carbocycles. The SMILES string of the molecule is Cn1nnnc1Sc1cccc(F)n1. The largest absolute Gasteiger partial charge is 0.223 e. The Bertz CT molecular complexity index is 443. The summed E-state index contributed by atoms with van der Waals surface area (Å²) in [5, 5.41) is 12.0. The first kappa shape index (κ1) is 9.07. The lowest BCUT2D eigenvalue weighted by molar-refractivity contribution is 0.572. The lowest BCUT2D eigenvalue weighted by atomic mass is 10.5. The third-order valence-corrected chi connectivity index (χ3v) is 2.43. The average Bonchev–Trinajstić information content (AvgIpc) is 2.52. The Kier molecular flexibility index (Phi) is 2.40. The van der Waals surface area contributed by atoms with Gasteiger partial charge in [-0.15, -0.1) is 5.10 Å². The van der Waals surface area contributed by atoms with E-state index < -0.39 is 5.95 Å². The van der Waals surface area contributed by atoms with Crippen molar-refractivity contribution in [3.63, 3.8) is 0 Å². The molecule has 0 saturated heterocycles. The predicted octanol–water partition coefficient (Wildman–Crippen LogP) is 0.895. The fraction of sp³-hybridized carbons (Fsp3) is 0.143. The van der Waals surface area contributed by atoms with Gasteiger partial charge >= 0.3 is 0 Å². The zero-order valence-corrected chi connectivity index (χ0v) is 8.07. The Labute approximate surface area is 83.3 Å². The van der Waals surface area contributed by atoms with E-state index in [2.05, 4.69) is 20.5 Å². The van der Waals surface area contributed by atoms with Crippen LogP contribution in [0, 0.1) is 5.95 Å². The first-order valence-electron chi connectivity index (χ1n) is 3.78. The van der Waals surface area contributed by atoms with E-state index in [1.54, 1.807) is 19.2 Å². The zero-order valence-electron chi connectivity index (χ0n) is 7.25. The monoisotopic (exact) mass is 211 g/mol. The number of hydrogen-bond donors (Lipinski definition) is 0. The van der Waals surface area contributed by atoms with Gasteiger partial charge in [-0.25, -0.2) is 9.67 Å². The van der Waals surface area contributed by atoms with Crippen molar-refractivity contribution in [2.45, 2.75) is 10.2 Å². The Morgan fingerprint density at radius 1 is 1.43 bits per heavy atom. The van der Waals surface area contributed by atoms with Crippen molar-refractivity contribution in [1.82, 2.24) is 25.2 Å². The minimum absolute atomic E-state index is 0.509. The summed E-state index contributed by atoms with van der Waals surface area (Å²) in [6.45, 7) is 0. The molecule has 5 nitrogen and oxygen atoms in total. The fourth-order valence-corrected chi connectivity index (χ4v) is 1.56. The summed E-state index contributed by atoms with van der Waals surface area (Å²) in [6, 6.07) is 4.58. The van der Waals surface area contributed by atoms with Crippen LogP contribution < -0.4 is 0 Å². The second-order valence-electron chi connectivity index (χ2n) is 2.49. The number of aryl methyl sites for hydroxylation is 1. The Morgan fingerprint density at radius 2 is 2.29 bits per heavy atom. The third kappa shape index (κ3) is 1.87. The minimum Gasteiger partial charge on any atom is -0.223 e. The lowest BCUT2D eigenvalue weighted by Gasteiger charge is -1.97. The van der Waals surface area contributed by atoms with E-state index in [9.17, 15) is 4.39 Å². The van der Waals surface area contributed by atoms with Gasteiger partial charge in [0.25, 0.3) is 0 Å². The van der Waals surface area contributed by atoms with Crippen molar-refractivity contribution in [2.24, 2.45) is 7.05 Å². The van der Waals surface area contributed by atoms with Gasteiger partial charge in [0.15, 0.2) is 0 Å². The number of tetrazole rings is 1. The van der Waals surface area contributed by atoms with Crippen LogP contribution in [0.5, 0.6) is 0 Å². The van der Waals surface area contributed by atoms with Crippen LogP contribution in [0.3, 0.4) is 0 Å². The molecule has 0 aliphatic carbocycles. The molecule has 2 aromatic heterocycles. The van der Waals surface area contributed by atoms with Crippen molar-refractivity contribution in [1.29, 1.82) is 0 Å². The summed E-state index contributed by atoms with van der Waals surface area (Å²) in [5.41, 5.74) is 0. The normalized spacial score (nSPS) is 10.4. The van der Waals surface area contributed by atoms with Crippen molar-refractivity contribution >= 4 is 11.8 Å². The van der Waals surface area contributed by atoms with Gasteiger partial charge in [-0.05, 0) is 34.3 Å². The van der Waals surface area contributed by atoms with E-state index in [0.717, 1.165) is 0 Å². The number of halogens is 1. The lowest BCUT2D eigenvalue weighted by Crippen LogP contribution is -1.93. The molecule has 2 aromatic rings. The van der Waals surface area contributed by atoms with Gasteiger partial charge in [-0.3, -0.25) is 0 Å². The predicted molar refractivity (Wildman–Crippen MR) is 47.1 cm³/mol. The van der Waals surface area contributed by atoms with Crippen molar-refractivity contribution in [3.05, 3.63) is 24.1 Å². The van der Waals surface area contributed by atoms with Crippen LogP contribution >= 0.6 is 11.8 Å². The van der Waals surface area contributed by atoms with Crippen LogP contribution in [0.15, 0.2) is 28.4 Å². The molecule has 0 aliphatic rings. The zero-order chi connectivity index (χ0) is 9.97. The molecule has 0 bridgehead atoms. The summed E-state index contributed by atoms with van der Waals surface area (Å²) in [6.07, 6.45) is 0. The molecule has 2 heterocycles. The fourth-order valence-electron chi connectivity index (χ4n) is 0.848. The van der Waals surface area contributed by atoms with Crippen LogP contribution in [-0.4, -0.2) is 25.2 Å². The number of nitrogens with zero attached hydrogens (tertiary/aromatic N) is 5. The van der Waals surface area contributed by atoms with E-state index in [-0.39, 0.29) is 0 Å². The van der Waals surface area contributed by atoms with Crippen LogP contribution in [-0.2, 0) is 7.05 Å². The first-order valence-corrected chi connectivity index (χ1v) is 4.60. The maximum absolute atomic E-state index is 12.7. The summed E-state index contributed by atoms with van der Waals surface area (Å²) >= 11 is 1.21. The van der Waals surface area contributed by atoms with Crippen LogP contribution in [0.1, 0.15) is 0 Å². The molecule has 2 rings (SSSR count). The van der Waals surface area contributed by atoms with Crippen LogP contribution in [0.2, 0.25) is 0 Å². The Hall–Kier alpha value is -1.50. The Balaban J connectivity index is 2.23. The number of hydrogen-bond acceptors (Lipinski definition) is 5. The molecular weight excluding hydrogens is 205 g/mol. The van der Waals surface area contributed by atoms with Crippen LogP contribution in [0.25, 0.3) is 0 Å². The van der Waals surface area contributed by atoms with Gasteiger partial charge in [0.05, 0.1) is 0 Å². The topological polar surface area (TPSA) is 56.5 Å². The molecule has 0 N–H and O–H groups in total. The summed E-state index contributed by atoms with van der Waals surface area (Å²) in [4.78, 5) is 3.68. The Morgan fingerprint density at radius 3 is 2.93 bits per heavy atom. The molecule has 0 aliphatic heterocycles. The third-order valence-electron chi connectivity index (χ3n) is 1.47. The van der Waals surface area contributed by atoms with Gasteiger partial charge < -0.3 is 0 Å². The highest BCUT2D eigenvalue weighted by molar-refractivity contribution is 7.99. The van der Waals surface area contributed by atoms with Gasteiger partial charge in [0.2, 0.25) is 11.1 Å². The molecule has 0 spiro atoms.